The molecule has 164 valence electrons. The number of benzene rings is 2. The summed E-state index contributed by atoms with van der Waals surface area (Å²) in [5.74, 6) is -1.12. The molecule has 1 fully saturated rings. The van der Waals surface area contributed by atoms with E-state index in [1.165, 1.54) is 6.07 Å². The first-order chi connectivity index (χ1) is 14.9. The highest BCUT2D eigenvalue weighted by molar-refractivity contribution is 6.01. The highest BCUT2D eigenvalue weighted by Crippen LogP contribution is 2.33. The molecule has 1 heterocycles. The molecule has 2 N–H and O–H groups in total. The molecule has 31 heavy (non-hydrogen) atoms. The third-order valence-electron chi connectivity index (χ3n) is 5.10. The van der Waals surface area contributed by atoms with Crippen LogP contribution in [0.25, 0.3) is 0 Å². The Labute approximate surface area is 180 Å². The van der Waals surface area contributed by atoms with E-state index >= 15 is 0 Å². The van der Waals surface area contributed by atoms with Crippen LogP contribution in [-0.2, 0) is 9.59 Å². The van der Waals surface area contributed by atoms with E-state index in [2.05, 4.69) is 10.6 Å². The first kappa shape index (κ1) is 22.3. The monoisotopic (exact) mass is 427 g/mol. The number of halogens is 1. The fraction of sp³-hybridized carbons (Fsp3) is 0.348. The van der Waals surface area contributed by atoms with E-state index in [0.717, 1.165) is 0 Å². The number of nitrogens with zero attached hydrogens (tertiary/aromatic N) is 1. The van der Waals surface area contributed by atoms with E-state index in [1.807, 2.05) is 19.1 Å². The minimum Gasteiger partial charge on any atom is -0.492 e. The molecular weight excluding hydrogens is 401 g/mol. The second-order valence-electron chi connectivity index (χ2n) is 7.32. The lowest BCUT2D eigenvalue weighted by Gasteiger charge is -2.20. The molecule has 0 saturated carbocycles. The van der Waals surface area contributed by atoms with Gasteiger partial charge in [0, 0.05) is 31.6 Å². The molecule has 1 atom stereocenters. The summed E-state index contributed by atoms with van der Waals surface area (Å²) >= 11 is 0. The third-order valence-corrected chi connectivity index (χ3v) is 5.10. The van der Waals surface area contributed by atoms with Crippen molar-refractivity contribution in [1.29, 1.82) is 0 Å². The van der Waals surface area contributed by atoms with Gasteiger partial charge in [-0.15, -0.1) is 0 Å². The average Bonchev–Trinajstić information content (AvgIpc) is 3.15. The van der Waals surface area contributed by atoms with Crippen LogP contribution in [0.4, 0.5) is 10.1 Å². The van der Waals surface area contributed by atoms with Crippen molar-refractivity contribution in [2.24, 2.45) is 5.92 Å². The Morgan fingerprint density at radius 3 is 2.65 bits per heavy atom. The highest BCUT2D eigenvalue weighted by Gasteiger charge is 2.36. The van der Waals surface area contributed by atoms with Crippen LogP contribution >= 0.6 is 0 Å². The Bertz CT molecular complexity index is 979. The molecule has 1 aliphatic heterocycles. The fourth-order valence-electron chi connectivity index (χ4n) is 3.42. The third kappa shape index (κ3) is 5.39. The van der Waals surface area contributed by atoms with E-state index < -0.39 is 17.6 Å². The van der Waals surface area contributed by atoms with Crippen molar-refractivity contribution in [1.82, 2.24) is 10.6 Å². The van der Waals surface area contributed by atoms with Gasteiger partial charge in [-0.05, 0) is 43.7 Å². The van der Waals surface area contributed by atoms with Gasteiger partial charge >= 0.3 is 0 Å². The van der Waals surface area contributed by atoms with Crippen molar-refractivity contribution in [3.63, 3.8) is 0 Å². The molecule has 0 radical (unpaired) electrons. The largest absolute Gasteiger partial charge is 0.492 e. The molecule has 0 bridgehead atoms. The zero-order valence-electron chi connectivity index (χ0n) is 17.6. The maximum atomic E-state index is 13.6. The molecule has 0 aliphatic carbocycles. The van der Waals surface area contributed by atoms with Crippen molar-refractivity contribution < 1.29 is 23.5 Å². The molecule has 2 aromatic carbocycles. The van der Waals surface area contributed by atoms with Crippen LogP contribution in [0.2, 0.25) is 0 Å². The van der Waals surface area contributed by atoms with E-state index in [9.17, 15) is 18.8 Å². The number of carbonyl (C=O) groups is 3. The van der Waals surface area contributed by atoms with Gasteiger partial charge in [-0.25, -0.2) is 4.39 Å². The second-order valence-corrected chi connectivity index (χ2v) is 7.32. The Balaban J connectivity index is 1.49. The molecule has 8 heteroatoms. The molecule has 1 unspecified atom stereocenters. The van der Waals surface area contributed by atoms with Crippen LogP contribution in [0, 0.1) is 18.7 Å². The molecule has 0 aromatic heterocycles. The summed E-state index contributed by atoms with van der Waals surface area (Å²) in [6.45, 7) is 4.63. The first-order valence-corrected chi connectivity index (χ1v) is 10.2. The summed E-state index contributed by atoms with van der Waals surface area (Å²) in [7, 11) is 0. The van der Waals surface area contributed by atoms with Crippen LogP contribution < -0.4 is 20.3 Å². The van der Waals surface area contributed by atoms with Crippen LogP contribution in [0.1, 0.15) is 29.3 Å². The number of hydrogen-bond donors (Lipinski definition) is 2. The number of aryl methyl sites for hydroxylation is 1. The van der Waals surface area contributed by atoms with Gasteiger partial charge in [-0.1, -0.05) is 18.2 Å². The number of nitrogens with one attached hydrogen (secondary N) is 2. The van der Waals surface area contributed by atoms with Gasteiger partial charge in [0.2, 0.25) is 11.8 Å². The summed E-state index contributed by atoms with van der Waals surface area (Å²) in [5, 5.41) is 5.39. The van der Waals surface area contributed by atoms with Crippen molar-refractivity contribution in [2.75, 3.05) is 31.1 Å². The predicted octanol–water partition coefficient (Wildman–Crippen LogP) is 2.43. The number of para-hydroxylation sites is 2. The maximum Gasteiger partial charge on any atom is 0.251 e. The Morgan fingerprint density at radius 2 is 1.90 bits per heavy atom. The summed E-state index contributed by atoms with van der Waals surface area (Å²) in [5.41, 5.74) is 1.34. The molecule has 3 rings (SSSR count). The number of carbonyl (C=O) groups excluding carboxylic acids is 3. The van der Waals surface area contributed by atoms with E-state index in [0.29, 0.717) is 23.6 Å². The van der Waals surface area contributed by atoms with Crippen molar-refractivity contribution >= 4 is 23.4 Å². The summed E-state index contributed by atoms with van der Waals surface area (Å²) in [6, 6.07) is 11.5. The standard InChI is InChI=1S/C23H26FN3O4/c1-3-31-20-7-5-4-6-19(20)27-14-17(13-21(27)28)23(30)26-11-10-25-22(29)16-9-8-15(2)18(24)12-16/h4-9,12,17H,3,10-11,13-14H2,1-2H3,(H,25,29)(H,26,30). The van der Waals surface area contributed by atoms with Crippen LogP contribution in [0.3, 0.4) is 0 Å². The minimum atomic E-state index is -0.482. The molecule has 2 aromatic rings. The Hall–Kier alpha value is -3.42. The van der Waals surface area contributed by atoms with Crippen molar-refractivity contribution in [3.8, 4) is 5.75 Å². The number of ether oxygens (including phenoxy) is 1. The summed E-state index contributed by atoms with van der Waals surface area (Å²) < 4.78 is 19.2. The highest BCUT2D eigenvalue weighted by atomic mass is 19.1. The molecule has 7 nitrogen and oxygen atoms in total. The minimum absolute atomic E-state index is 0.112. The number of anilines is 1. The predicted molar refractivity (Wildman–Crippen MR) is 115 cm³/mol. The van der Waals surface area contributed by atoms with Gasteiger partial charge in [0.1, 0.15) is 11.6 Å². The zero-order chi connectivity index (χ0) is 22.4. The topological polar surface area (TPSA) is 87.7 Å². The van der Waals surface area contributed by atoms with Gasteiger partial charge in [0.05, 0.1) is 18.2 Å². The second kappa shape index (κ2) is 10.1. The Morgan fingerprint density at radius 1 is 1.16 bits per heavy atom. The lowest BCUT2D eigenvalue weighted by molar-refractivity contribution is -0.126. The van der Waals surface area contributed by atoms with Gasteiger partial charge < -0.3 is 20.3 Å². The van der Waals surface area contributed by atoms with Gasteiger partial charge in [-0.2, -0.15) is 0 Å². The quantitative estimate of drug-likeness (QED) is 0.634. The molecular formula is C23H26FN3O4. The van der Waals surface area contributed by atoms with E-state index in [-0.39, 0.29) is 43.4 Å². The SMILES string of the molecule is CCOc1ccccc1N1CC(C(=O)NCCNC(=O)c2ccc(C)c(F)c2)CC1=O. The number of rotatable bonds is 8. The Kier molecular flexibility index (Phi) is 7.23. The summed E-state index contributed by atoms with van der Waals surface area (Å²) in [4.78, 5) is 38.6. The van der Waals surface area contributed by atoms with E-state index in [4.69, 9.17) is 4.74 Å². The van der Waals surface area contributed by atoms with Crippen molar-refractivity contribution in [2.45, 2.75) is 20.3 Å². The van der Waals surface area contributed by atoms with Crippen LogP contribution in [-0.4, -0.2) is 44.0 Å². The normalized spacial score (nSPS) is 15.6. The molecule has 1 saturated heterocycles. The van der Waals surface area contributed by atoms with Crippen LogP contribution in [0.15, 0.2) is 42.5 Å². The smallest absolute Gasteiger partial charge is 0.251 e. The summed E-state index contributed by atoms with van der Waals surface area (Å²) in [6.07, 6.45) is 0.112. The lowest BCUT2D eigenvalue weighted by atomic mass is 10.1. The van der Waals surface area contributed by atoms with Crippen LogP contribution in [0.5, 0.6) is 5.75 Å². The fourth-order valence-corrected chi connectivity index (χ4v) is 3.42. The average molecular weight is 427 g/mol. The number of hydrogen-bond acceptors (Lipinski definition) is 4. The van der Waals surface area contributed by atoms with E-state index in [1.54, 1.807) is 36.1 Å². The van der Waals surface area contributed by atoms with Crippen molar-refractivity contribution in [3.05, 3.63) is 59.4 Å². The molecule has 0 spiro atoms. The molecule has 3 amide bonds. The van der Waals surface area contributed by atoms with Gasteiger partial charge in [-0.3, -0.25) is 14.4 Å². The first-order valence-electron chi connectivity index (χ1n) is 10.2. The van der Waals surface area contributed by atoms with Gasteiger partial charge in [0.25, 0.3) is 5.91 Å². The lowest BCUT2D eigenvalue weighted by Crippen LogP contribution is -2.38. The van der Waals surface area contributed by atoms with Gasteiger partial charge in [0.15, 0.2) is 0 Å². The maximum absolute atomic E-state index is 13.6. The zero-order valence-corrected chi connectivity index (χ0v) is 17.6. The number of amides is 3. The molecule has 1 aliphatic rings.